The number of aromatic nitrogens is 2. The molecule has 0 radical (unpaired) electrons. The molecule has 5 nitrogen and oxygen atoms in total. The first-order valence-electron chi connectivity index (χ1n) is 7.67. The van der Waals surface area contributed by atoms with E-state index in [0.717, 1.165) is 16.8 Å². The second kappa shape index (κ2) is 7.21. The highest BCUT2D eigenvalue weighted by atomic mass is 35.5. The molecule has 0 bridgehead atoms. The minimum absolute atomic E-state index is 0.241. The van der Waals surface area contributed by atoms with Crippen molar-refractivity contribution in [3.8, 4) is 0 Å². The number of nitrogens with zero attached hydrogens (tertiary/aromatic N) is 2. The van der Waals surface area contributed by atoms with E-state index in [9.17, 15) is 4.79 Å². The molecule has 0 fully saturated rings. The third-order valence-corrected chi connectivity index (χ3v) is 4.75. The van der Waals surface area contributed by atoms with E-state index in [4.69, 9.17) is 11.6 Å². The Kier molecular flexibility index (Phi) is 5.01. The highest BCUT2D eigenvalue weighted by molar-refractivity contribution is 7.17. The standard InChI is InChI=1S/C18H17ClN4OS/c1-10-7-12(3)21-15(8-10)22-18-20-9-14(25-18)17(24)23-16-11(2)5-4-6-13(16)19/h4-9H,1-3H3,(H,23,24)(H,20,21,22). The number of hydrogen-bond donors (Lipinski definition) is 2. The first-order chi connectivity index (χ1) is 11.9. The normalized spacial score (nSPS) is 10.6. The van der Waals surface area contributed by atoms with Gasteiger partial charge >= 0.3 is 0 Å². The van der Waals surface area contributed by atoms with Gasteiger partial charge in [0, 0.05) is 5.69 Å². The van der Waals surface area contributed by atoms with Crippen molar-refractivity contribution in [1.29, 1.82) is 0 Å². The van der Waals surface area contributed by atoms with Crippen LogP contribution in [-0.4, -0.2) is 15.9 Å². The molecule has 7 heteroatoms. The van der Waals surface area contributed by atoms with E-state index in [1.165, 1.54) is 17.5 Å². The Morgan fingerprint density at radius 2 is 2.00 bits per heavy atom. The molecule has 2 aromatic heterocycles. The smallest absolute Gasteiger partial charge is 0.267 e. The lowest BCUT2D eigenvalue weighted by Crippen LogP contribution is -2.11. The molecule has 2 heterocycles. The van der Waals surface area contributed by atoms with E-state index in [-0.39, 0.29) is 5.91 Å². The number of halogens is 1. The van der Waals surface area contributed by atoms with Crippen molar-refractivity contribution in [1.82, 2.24) is 9.97 Å². The van der Waals surface area contributed by atoms with E-state index < -0.39 is 0 Å². The molecular weight excluding hydrogens is 356 g/mol. The van der Waals surface area contributed by atoms with Crippen LogP contribution in [0.15, 0.2) is 36.5 Å². The van der Waals surface area contributed by atoms with Gasteiger partial charge in [-0.05, 0) is 50.1 Å². The number of pyridine rings is 1. The zero-order valence-corrected chi connectivity index (χ0v) is 15.6. The molecule has 1 aromatic carbocycles. The van der Waals surface area contributed by atoms with E-state index in [2.05, 4.69) is 20.6 Å². The van der Waals surface area contributed by atoms with E-state index in [1.807, 2.05) is 45.0 Å². The van der Waals surface area contributed by atoms with Gasteiger partial charge in [-0.1, -0.05) is 35.1 Å². The summed E-state index contributed by atoms with van der Waals surface area (Å²) in [5.41, 5.74) is 3.56. The van der Waals surface area contributed by atoms with Crippen LogP contribution < -0.4 is 10.6 Å². The molecule has 0 aliphatic rings. The summed E-state index contributed by atoms with van der Waals surface area (Å²) in [7, 11) is 0. The summed E-state index contributed by atoms with van der Waals surface area (Å²) in [4.78, 5) is 21.6. The fourth-order valence-electron chi connectivity index (χ4n) is 2.42. The SMILES string of the molecule is Cc1cc(C)nc(Nc2ncc(C(=O)Nc3c(C)cccc3Cl)s2)c1. The average Bonchev–Trinajstić information content (AvgIpc) is 2.98. The Morgan fingerprint density at radius 3 is 2.72 bits per heavy atom. The van der Waals surface area contributed by atoms with Crippen molar-refractivity contribution in [2.75, 3.05) is 10.6 Å². The first kappa shape index (κ1) is 17.4. The number of rotatable bonds is 4. The summed E-state index contributed by atoms with van der Waals surface area (Å²) in [5.74, 6) is 0.468. The summed E-state index contributed by atoms with van der Waals surface area (Å²) in [6.07, 6.45) is 1.54. The number of aryl methyl sites for hydroxylation is 3. The molecule has 0 atom stereocenters. The predicted molar refractivity (Wildman–Crippen MR) is 103 cm³/mol. The van der Waals surface area contributed by atoms with Crippen LogP contribution in [0.1, 0.15) is 26.5 Å². The monoisotopic (exact) mass is 372 g/mol. The molecule has 3 aromatic rings. The highest BCUT2D eigenvalue weighted by Gasteiger charge is 2.14. The maximum atomic E-state index is 12.4. The van der Waals surface area contributed by atoms with Gasteiger partial charge in [0.05, 0.1) is 16.9 Å². The number of amides is 1. The second-order valence-electron chi connectivity index (χ2n) is 5.71. The van der Waals surface area contributed by atoms with E-state index >= 15 is 0 Å². The first-order valence-corrected chi connectivity index (χ1v) is 8.86. The van der Waals surface area contributed by atoms with Crippen molar-refractivity contribution >= 4 is 45.5 Å². The van der Waals surface area contributed by atoms with Crippen LogP contribution in [0, 0.1) is 20.8 Å². The van der Waals surface area contributed by atoms with Crippen LogP contribution in [0.5, 0.6) is 0 Å². The van der Waals surface area contributed by atoms with Gasteiger partial charge in [0.2, 0.25) is 0 Å². The Balaban J connectivity index is 1.75. The molecule has 0 unspecified atom stereocenters. The highest BCUT2D eigenvalue weighted by Crippen LogP contribution is 2.28. The summed E-state index contributed by atoms with van der Waals surface area (Å²) >= 11 is 7.42. The van der Waals surface area contributed by atoms with Gasteiger partial charge in [0.1, 0.15) is 10.7 Å². The van der Waals surface area contributed by atoms with Crippen molar-refractivity contribution in [3.05, 3.63) is 63.2 Å². The van der Waals surface area contributed by atoms with Crippen LogP contribution in [0.2, 0.25) is 5.02 Å². The molecule has 2 N–H and O–H groups in total. The number of para-hydroxylation sites is 1. The lowest BCUT2D eigenvalue weighted by atomic mass is 10.2. The molecule has 0 aliphatic heterocycles. The number of benzene rings is 1. The van der Waals surface area contributed by atoms with Gasteiger partial charge in [-0.25, -0.2) is 9.97 Å². The minimum Gasteiger partial charge on any atom is -0.320 e. The molecule has 0 aliphatic carbocycles. The van der Waals surface area contributed by atoms with Crippen LogP contribution in [-0.2, 0) is 0 Å². The third-order valence-electron chi connectivity index (χ3n) is 3.52. The maximum absolute atomic E-state index is 12.4. The molecule has 0 saturated heterocycles. The van der Waals surface area contributed by atoms with Crippen LogP contribution in [0.4, 0.5) is 16.6 Å². The van der Waals surface area contributed by atoms with E-state index in [1.54, 1.807) is 6.07 Å². The van der Waals surface area contributed by atoms with Gasteiger partial charge in [0.25, 0.3) is 5.91 Å². The second-order valence-corrected chi connectivity index (χ2v) is 7.15. The van der Waals surface area contributed by atoms with Crippen molar-refractivity contribution < 1.29 is 4.79 Å². The number of anilines is 3. The molecule has 128 valence electrons. The maximum Gasteiger partial charge on any atom is 0.267 e. The predicted octanol–water partition coefficient (Wildman–Crippen LogP) is 5.11. The van der Waals surface area contributed by atoms with Crippen LogP contribution >= 0.6 is 22.9 Å². The van der Waals surface area contributed by atoms with Gasteiger partial charge in [-0.3, -0.25) is 4.79 Å². The quantitative estimate of drug-likeness (QED) is 0.667. The summed E-state index contributed by atoms with van der Waals surface area (Å²) in [6, 6.07) is 9.42. The number of carbonyl (C=O) groups is 1. The summed E-state index contributed by atoms with van der Waals surface area (Å²) in [5, 5.41) is 7.10. The van der Waals surface area contributed by atoms with Crippen LogP contribution in [0.3, 0.4) is 0 Å². The molecular formula is C18H17ClN4OS. The van der Waals surface area contributed by atoms with Gasteiger partial charge in [0.15, 0.2) is 5.13 Å². The van der Waals surface area contributed by atoms with Gasteiger partial charge in [-0.2, -0.15) is 0 Å². The molecule has 1 amide bonds. The lowest BCUT2D eigenvalue weighted by Gasteiger charge is -2.08. The lowest BCUT2D eigenvalue weighted by molar-refractivity contribution is 0.103. The Bertz CT molecular complexity index is 898. The fourth-order valence-corrected chi connectivity index (χ4v) is 3.40. The topological polar surface area (TPSA) is 66.9 Å². The van der Waals surface area contributed by atoms with Crippen molar-refractivity contribution in [2.45, 2.75) is 20.8 Å². The van der Waals surface area contributed by atoms with Gasteiger partial charge in [-0.15, -0.1) is 0 Å². The Morgan fingerprint density at radius 1 is 1.20 bits per heavy atom. The largest absolute Gasteiger partial charge is 0.320 e. The zero-order valence-electron chi connectivity index (χ0n) is 14.1. The number of thiazole rings is 1. The van der Waals surface area contributed by atoms with Crippen molar-refractivity contribution in [2.24, 2.45) is 0 Å². The molecule has 0 saturated carbocycles. The number of carbonyl (C=O) groups excluding carboxylic acids is 1. The van der Waals surface area contributed by atoms with Crippen LogP contribution in [0.25, 0.3) is 0 Å². The zero-order chi connectivity index (χ0) is 18.0. The summed E-state index contributed by atoms with van der Waals surface area (Å²) < 4.78 is 0. The number of nitrogens with one attached hydrogen (secondary N) is 2. The van der Waals surface area contributed by atoms with E-state index in [0.29, 0.717) is 26.5 Å². The van der Waals surface area contributed by atoms with Crippen molar-refractivity contribution in [3.63, 3.8) is 0 Å². The fraction of sp³-hybridized carbons (Fsp3) is 0.167. The molecule has 25 heavy (non-hydrogen) atoms. The number of hydrogen-bond acceptors (Lipinski definition) is 5. The minimum atomic E-state index is -0.241. The third kappa shape index (κ3) is 4.15. The molecule has 0 spiro atoms. The average molecular weight is 373 g/mol. The molecule has 3 rings (SSSR count). The Labute approximate surface area is 155 Å². The van der Waals surface area contributed by atoms with Gasteiger partial charge < -0.3 is 10.6 Å². The summed E-state index contributed by atoms with van der Waals surface area (Å²) in [6.45, 7) is 5.84. The Hall–Kier alpha value is -2.44.